The van der Waals surface area contributed by atoms with E-state index in [1.165, 1.54) is 11.1 Å². The maximum atomic E-state index is 10.5. The normalized spacial score (nSPS) is 35.6. The third-order valence-corrected chi connectivity index (χ3v) is 6.65. The smallest absolute Gasteiger partial charge is 0.166 e. The lowest BCUT2D eigenvalue weighted by Crippen LogP contribution is -2.63. The summed E-state index contributed by atoms with van der Waals surface area (Å²) in [7, 11) is 4.33. The molecule has 2 aliphatic carbocycles. The van der Waals surface area contributed by atoms with Gasteiger partial charge in [-0.05, 0) is 70.3 Å². The molecule has 0 saturated carbocycles. The van der Waals surface area contributed by atoms with Gasteiger partial charge < -0.3 is 19.5 Å². The van der Waals surface area contributed by atoms with Crippen LogP contribution in [0.3, 0.4) is 0 Å². The van der Waals surface area contributed by atoms with E-state index in [-0.39, 0.29) is 22.8 Å². The van der Waals surface area contributed by atoms with Gasteiger partial charge in [0.1, 0.15) is 5.76 Å². The molecular weight excluding hydrogens is 313 g/mol. The van der Waals surface area contributed by atoms with Crippen LogP contribution in [0.25, 0.3) is 0 Å². The monoisotopic (exact) mass is 339 g/mol. The Morgan fingerprint density at radius 2 is 2.20 bits per heavy atom. The average molecular weight is 339 g/mol. The van der Waals surface area contributed by atoms with Crippen LogP contribution in [0, 0.1) is 5.92 Å². The molecule has 25 heavy (non-hydrogen) atoms. The number of piperidine rings is 1. The van der Waals surface area contributed by atoms with Crippen molar-refractivity contribution in [2.45, 2.75) is 56.2 Å². The molecule has 0 radical (unpaired) electrons. The highest BCUT2D eigenvalue weighted by atomic mass is 16.6. The van der Waals surface area contributed by atoms with E-state index in [1.807, 2.05) is 0 Å². The molecule has 4 aliphatic rings. The summed E-state index contributed by atoms with van der Waals surface area (Å²) in [6.45, 7) is 5.24. The Kier molecular flexibility index (Phi) is 2.97. The Balaban J connectivity index is 1.72. The number of nitrogens with zero attached hydrogens (tertiary/aromatic N) is 1. The van der Waals surface area contributed by atoms with E-state index in [4.69, 9.17) is 9.47 Å². The number of likely N-dealkylation sites (tertiary alicyclic amines) is 1. The number of allylic oxidation sites excluding steroid dienone is 1. The summed E-state index contributed by atoms with van der Waals surface area (Å²) < 4.78 is 12.8. The van der Waals surface area contributed by atoms with Gasteiger partial charge in [0.25, 0.3) is 0 Å². The number of rotatable bonds is 2. The maximum Gasteiger partial charge on any atom is 0.166 e. The van der Waals surface area contributed by atoms with Crippen LogP contribution in [0.2, 0.25) is 0 Å². The average Bonchev–Trinajstić information content (AvgIpc) is 2.88. The second-order valence-corrected chi connectivity index (χ2v) is 9.15. The fourth-order valence-electron chi connectivity index (χ4n) is 5.77. The third-order valence-electron chi connectivity index (χ3n) is 6.65. The highest BCUT2D eigenvalue weighted by molar-refractivity contribution is 6.13. The molecular formula is C20H26BNO3. The Hall–Kier alpha value is -1.62. The highest BCUT2D eigenvalue weighted by Gasteiger charge is 2.64. The fourth-order valence-corrected chi connectivity index (χ4v) is 5.77. The lowest BCUT2D eigenvalue weighted by atomic mass is 9.53. The van der Waals surface area contributed by atoms with E-state index in [0.29, 0.717) is 17.7 Å². The number of benzene rings is 1. The van der Waals surface area contributed by atoms with Gasteiger partial charge in [0.05, 0.1) is 5.50 Å². The summed E-state index contributed by atoms with van der Waals surface area (Å²) in [5.74, 6) is 2.46. The van der Waals surface area contributed by atoms with Crippen LogP contribution in [0.4, 0.5) is 0 Å². The SMILES string of the molecule is BC(C)(C)OC1=CCC2[C@H]3Cc4ccc(O)c5c4[C@@]2(CCN3C)C1O5. The molecule has 2 bridgehead atoms. The molecule has 2 aliphatic heterocycles. The second kappa shape index (κ2) is 4.76. The minimum absolute atomic E-state index is 0.0475. The van der Waals surface area contributed by atoms with E-state index in [0.717, 1.165) is 31.6 Å². The van der Waals surface area contributed by atoms with Crippen molar-refractivity contribution in [3.05, 3.63) is 35.1 Å². The van der Waals surface area contributed by atoms with Gasteiger partial charge in [-0.2, -0.15) is 0 Å². The number of aromatic hydroxyl groups is 1. The molecule has 5 heteroatoms. The topological polar surface area (TPSA) is 41.9 Å². The Labute approximate surface area is 150 Å². The summed E-state index contributed by atoms with van der Waals surface area (Å²) in [6, 6.07) is 4.44. The molecule has 5 rings (SSSR count). The van der Waals surface area contributed by atoms with Gasteiger partial charge in [0, 0.05) is 17.0 Å². The first-order valence-electron chi connectivity index (χ1n) is 9.42. The van der Waals surface area contributed by atoms with E-state index in [1.54, 1.807) is 6.07 Å². The van der Waals surface area contributed by atoms with Crippen LogP contribution in [0.15, 0.2) is 24.0 Å². The second-order valence-electron chi connectivity index (χ2n) is 9.15. The van der Waals surface area contributed by atoms with Gasteiger partial charge in [-0.25, -0.2) is 0 Å². The van der Waals surface area contributed by atoms with Crippen molar-refractivity contribution in [1.29, 1.82) is 0 Å². The number of hydrogen-bond acceptors (Lipinski definition) is 4. The molecule has 4 nitrogen and oxygen atoms in total. The zero-order valence-corrected chi connectivity index (χ0v) is 15.5. The largest absolute Gasteiger partial charge is 0.504 e. The maximum absolute atomic E-state index is 10.5. The molecule has 2 heterocycles. The van der Waals surface area contributed by atoms with Crippen molar-refractivity contribution in [2.24, 2.45) is 5.92 Å². The Morgan fingerprint density at radius 1 is 1.40 bits per heavy atom. The van der Waals surface area contributed by atoms with Crippen LogP contribution < -0.4 is 4.74 Å². The molecule has 0 amide bonds. The van der Waals surface area contributed by atoms with Gasteiger partial charge in [-0.1, -0.05) is 6.07 Å². The first kappa shape index (κ1) is 15.6. The molecule has 1 spiro atoms. The molecule has 132 valence electrons. The number of ether oxygens (including phenoxy) is 2. The van der Waals surface area contributed by atoms with Crippen LogP contribution >= 0.6 is 0 Å². The molecule has 2 unspecified atom stereocenters. The lowest BCUT2D eigenvalue weighted by molar-refractivity contribution is -0.0431. The summed E-state index contributed by atoms with van der Waals surface area (Å²) in [5.41, 5.74) is 2.32. The van der Waals surface area contributed by atoms with Crippen molar-refractivity contribution >= 4 is 7.85 Å². The molecule has 0 aromatic heterocycles. The van der Waals surface area contributed by atoms with Crippen molar-refractivity contribution < 1.29 is 14.6 Å². The van der Waals surface area contributed by atoms with Gasteiger partial charge in [0.15, 0.2) is 25.4 Å². The van der Waals surface area contributed by atoms with Crippen molar-refractivity contribution in [2.75, 3.05) is 13.6 Å². The van der Waals surface area contributed by atoms with E-state index in [2.05, 4.69) is 45.8 Å². The van der Waals surface area contributed by atoms with Crippen molar-refractivity contribution in [3.8, 4) is 11.5 Å². The number of phenolic OH excluding ortho intramolecular Hbond substituents is 1. The van der Waals surface area contributed by atoms with Gasteiger partial charge in [-0.15, -0.1) is 0 Å². The highest BCUT2D eigenvalue weighted by Crippen LogP contribution is 2.63. The number of hydrogen-bond donors (Lipinski definition) is 1. The van der Waals surface area contributed by atoms with Gasteiger partial charge in [0.2, 0.25) is 0 Å². The fraction of sp³-hybridized carbons (Fsp3) is 0.600. The predicted molar refractivity (Wildman–Crippen MR) is 98.8 cm³/mol. The molecule has 1 aromatic rings. The molecule has 1 fully saturated rings. The first-order valence-corrected chi connectivity index (χ1v) is 9.42. The predicted octanol–water partition coefficient (Wildman–Crippen LogP) is 1.94. The molecule has 1 N–H and O–H groups in total. The van der Waals surface area contributed by atoms with E-state index < -0.39 is 0 Å². The van der Waals surface area contributed by atoms with E-state index >= 15 is 0 Å². The summed E-state index contributed by atoms with van der Waals surface area (Å²) in [6.07, 6.45) is 5.27. The van der Waals surface area contributed by atoms with Gasteiger partial charge in [-0.3, -0.25) is 0 Å². The molecule has 4 atom stereocenters. The van der Waals surface area contributed by atoms with Crippen LogP contribution in [0.5, 0.6) is 11.5 Å². The van der Waals surface area contributed by atoms with E-state index in [9.17, 15) is 5.11 Å². The lowest BCUT2D eigenvalue weighted by Gasteiger charge is -2.57. The minimum Gasteiger partial charge on any atom is -0.504 e. The standard InChI is InChI=1S/C20H26BNO3/c1-19(2,21)25-15-7-5-12-13-10-11-4-6-14(23)17-16(11)20(12,18(15)24-17)8-9-22(13)3/h4,6-7,12-13,18,23H,5,8-10,21H2,1-3H3/t12?,13-,18?,20+/m1/s1. The van der Waals surface area contributed by atoms with Gasteiger partial charge >= 0.3 is 0 Å². The zero-order valence-electron chi connectivity index (χ0n) is 15.5. The minimum atomic E-state index is -0.252. The first-order chi connectivity index (χ1) is 11.8. The molecule has 1 saturated heterocycles. The van der Waals surface area contributed by atoms with Crippen LogP contribution in [-0.2, 0) is 16.6 Å². The number of likely N-dealkylation sites (N-methyl/N-ethyl adjacent to an activating group) is 1. The summed E-state index contributed by atoms with van der Waals surface area (Å²) in [4.78, 5) is 2.52. The quantitative estimate of drug-likeness (QED) is 0.837. The van der Waals surface area contributed by atoms with Crippen molar-refractivity contribution in [1.82, 2.24) is 4.90 Å². The number of phenols is 1. The Bertz CT molecular complexity index is 784. The Morgan fingerprint density at radius 3 is 2.96 bits per heavy atom. The summed E-state index contributed by atoms with van der Waals surface area (Å²) in [5, 5.41) is 10.5. The van der Waals surface area contributed by atoms with Crippen molar-refractivity contribution in [3.63, 3.8) is 0 Å². The molecule has 1 aromatic carbocycles. The zero-order chi connectivity index (χ0) is 17.6. The third kappa shape index (κ3) is 1.93. The van der Waals surface area contributed by atoms with Crippen LogP contribution in [-0.4, -0.2) is 49.1 Å². The summed E-state index contributed by atoms with van der Waals surface area (Å²) >= 11 is 0. The van der Waals surface area contributed by atoms with Crippen LogP contribution in [0.1, 0.15) is 37.8 Å².